The number of phenolic OH excluding ortho intramolecular Hbond substituents is 1. The van der Waals surface area contributed by atoms with Gasteiger partial charge in [0.2, 0.25) is 0 Å². The van der Waals surface area contributed by atoms with Crippen LogP contribution < -0.4 is 5.43 Å². The fourth-order valence-corrected chi connectivity index (χ4v) is 4.12. The van der Waals surface area contributed by atoms with Crippen molar-refractivity contribution in [2.24, 2.45) is 5.10 Å². The third-order valence-corrected chi connectivity index (χ3v) is 6.08. The van der Waals surface area contributed by atoms with E-state index in [4.69, 9.17) is 11.6 Å². The summed E-state index contributed by atoms with van der Waals surface area (Å²) in [6.07, 6.45) is 7.01. The van der Waals surface area contributed by atoms with Crippen molar-refractivity contribution in [2.45, 2.75) is 11.6 Å². The van der Waals surface area contributed by atoms with Crippen LogP contribution in [-0.4, -0.2) is 42.7 Å². The number of aromatic nitrogens is 4. The molecule has 2 N–H and O–H groups in total. The summed E-state index contributed by atoms with van der Waals surface area (Å²) >= 11 is 7.28. The Labute approximate surface area is 211 Å². The quantitative estimate of drug-likeness (QED) is 0.149. The van der Waals surface area contributed by atoms with E-state index in [2.05, 4.69) is 32.3 Å². The highest BCUT2D eigenvalue weighted by Gasteiger charge is 2.17. The standard InChI is InChI=1S/C25H21ClN6O2S/c1-2-4-17-5-3-6-19(23(17)34)15-28-29-22(33)16-35-25-31-30-24(18-11-13-27-14-12-18)32(25)21-9-7-20(26)8-10-21/h2-3,5-15,34H,1,4,16H2,(H,29,33). The molecule has 1 amide bonds. The number of allylic oxidation sites excluding steroid dienone is 1. The van der Waals surface area contributed by atoms with Gasteiger partial charge >= 0.3 is 0 Å². The molecule has 2 aromatic heterocycles. The maximum Gasteiger partial charge on any atom is 0.250 e. The van der Waals surface area contributed by atoms with Gasteiger partial charge in [0.05, 0.1) is 12.0 Å². The minimum Gasteiger partial charge on any atom is -0.507 e. The normalized spacial score (nSPS) is 11.0. The molecule has 0 atom stereocenters. The molecule has 0 unspecified atom stereocenters. The van der Waals surface area contributed by atoms with Crippen molar-refractivity contribution in [3.8, 4) is 22.8 Å². The first-order valence-electron chi connectivity index (χ1n) is 10.5. The Hall–Kier alpha value is -3.95. The number of para-hydroxylation sites is 1. The van der Waals surface area contributed by atoms with E-state index in [9.17, 15) is 9.90 Å². The lowest BCUT2D eigenvalue weighted by molar-refractivity contribution is -0.118. The fourth-order valence-electron chi connectivity index (χ4n) is 3.25. The maximum atomic E-state index is 12.4. The summed E-state index contributed by atoms with van der Waals surface area (Å²) in [5.41, 5.74) is 5.36. The monoisotopic (exact) mass is 504 g/mol. The lowest BCUT2D eigenvalue weighted by Gasteiger charge is -2.10. The molecule has 8 nitrogen and oxygen atoms in total. The lowest BCUT2D eigenvalue weighted by atomic mass is 10.1. The summed E-state index contributed by atoms with van der Waals surface area (Å²) in [4.78, 5) is 16.5. The maximum absolute atomic E-state index is 12.4. The van der Waals surface area contributed by atoms with E-state index in [-0.39, 0.29) is 17.4 Å². The number of thioether (sulfide) groups is 1. The van der Waals surface area contributed by atoms with Gasteiger partial charge in [-0.05, 0) is 54.4 Å². The number of nitrogens with one attached hydrogen (secondary N) is 1. The Bertz CT molecular complexity index is 1360. The molecule has 0 saturated heterocycles. The Balaban J connectivity index is 1.48. The molecule has 2 heterocycles. The van der Waals surface area contributed by atoms with E-state index >= 15 is 0 Å². The van der Waals surface area contributed by atoms with Crippen molar-refractivity contribution >= 4 is 35.5 Å². The van der Waals surface area contributed by atoms with Gasteiger partial charge in [-0.3, -0.25) is 14.3 Å². The zero-order valence-electron chi connectivity index (χ0n) is 18.5. The first-order chi connectivity index (χ1) is 17.1. The van der Waals surface area contributed by atoms with E-state index in [1.54, 1.807) is 42.7 Å². The summed E-state index contributed by atoms with van der Waals surface area (Å²) in [6.45, 7) is 3.68. The molecule has 4 rings (SSSR count). The Morgan fingerprint density at radius 3 is 2.66 bits per heavy atom. The Morgan fingerprint density at radius 1 is 1.14 bits per heavy atom. The zero-order chi connectivity index (χ0) is 24.6. The van der Waals surface area contributed by atoms with Crippen LogP contribution in [0.4, 0.5) is 0 Å². The van der Waals surface area contributed by atoms with E-state index < -0.39 is 0 Å². The minimum atomic E-state index is -0.330. The van der Waals surface area contributed by atoms with Gasteiger partial charge in [0, 0.05) is 34.2 Å². The van der Waals surface area contributed by atoms with Crippen LogP contribution in [0, 0.1) is 0 Å². The molecule has 0 fully saturated rings. The summed E-state index contributed by atoms with van der Waals surface area (Å²) in [6, 6.07) is 16.3. The van der Waals surface area contributed by atoms with Gasteiger partial charge < -0.3 is 5.11 Å². The Kier molecular flexibility index (Phi) is 7.92. The number of pyridine rings is 1. The van der Waals surface area contributed by atoms with Crippen LogP contribution >= 0.6 is 23.4 Å². The van der Waals surface area contributed by atoms with Crippen molar-refractivity contribution in [3.63, 3.8) is 0 Å². The minimum absolute atomic E-state index is 0.0574. The Morgan fingerprint density at radius 2 is 1.91 bits per heavy atom. The third kappa shape index (κ3) is 5.95. The molecule has 0 aliphatic carbocycles. The molecule has 0 bridgehead atoms. The van der Waals surface area contributed by atoms with E-state index in [1.807, 2.05) is 34.9 Å². The zero-order valence-corrected chi connectivity index (χ0v) is 20.1. The highest BCUT2D eigenvalue weighted by atomic mass is 35.5. The average Bonchev–Trinajstić information content (AvgIpc) is 3.30. The SMILES string of the molecule is C=CCc1cccc(C=NNC(=O)CSc2nnc(-c3ccncc3)n2-c2ccc(Cl)cc2)c1O. The highest BCUT2D eigenvalue weighted by Crippen LogP contribution is 2.28. The number of hydrazone groups is 1. The smallest absolute Gasteiger partial charge is 0.250 e. The highest BCUT2D eigenvalue weighted by molar-refractivity contribution is 7.99. The molecular formula is C25H21ClN6O2S. The number of halogens is 1. The number of amides is 1. The van der Waals surface area contributed by atoms with Crippen LogP contribution in [0.25, 0.3) is 17.1 Å². The van der Waals surface area contributed by atoms with Gasteiger partial charge in [-0.1, -0.05) is 41.6 Å². The van der Waals surface area contributed by atoms with Crippen molar-refractivity contribution in [1.82, 2.24) is 25.2 Å². The van der Waals surface area contributed by atoms with E-state index in [1.165, 1.54) is 18.0 Å². The summed E-state index contributed by atoms with van der Waals surface area (Å²) in [7, 11) is 0. The number of phenols is 1. The number of hydrogen-bond donors (Lipinski definition) is 2. The predicted octanol–water partition coefficient (Wildman–Crippen LogP) is 4.66. The average molecular weight is 505 g/mol. The number of aromatic hydroxyl groups is 1. The molecule has 0 saturated carbocycles. The molecule has 0 spiro atoms. The number of carbonyl (C=O) groups excluding carboxylic acids is 1. The number of rotatable bonds is 9. The second-order valence-corrected chi connectivity index (χ2v) is 8.66. The summed E-state index contributed by atoms with van der Waals surface area (Å²) in [5.74, 6) is 0.455. The molecule has 0 aliphatic rings. The van der Waals surface area contributed by atoms with Crippen LogP contribution in [0.15, 0.2) is 89.9 Å². The summed E-state index contributed by atoms with van der Waals surface area (Å²) in [5, 5.41) is 24.0. The van der Waals surface area contributed by atoms with Crippen LogP contribution in [0.2, 0.25) is 5.02 Å². The molecular weight excluding hydrogens is 484 g/mol. The van der Waals surface area contributed by atoms with Crippen LogP contribution in [0.5, 0.6) is 5.75 Å². The molecule has 2 aromatic carbocycles. The topological polar surface area (TPSA) is 105 Å². The van der Waals surface area contributed by atoms with Gasteiger partial charge in [0.1, 0.15) is 5.75 Å². The second-order valence-electron chi connectivity index (χ2n) is 7.28. The van der Waals surface area contributed by atoms with Gasteiger partial charge in [-0.2, -0.15) is 5.10 Å². The van der Waals surface area contributed by atoms with Crippen molar-refractivity contribution in [1.29, 1.82) is 0 Å². The number of hydrogen-bond acceptors (Lipinski definition) is 7. The van der Waals surface area contributed by atoms with Crippen LogP contribution in [-0.2, 0) is 11.2 Å². The van der Waals surface area contributed by atoms with Crippen molar-refractivity contribution < 1.29 is 9.90 Å². The lowest BCUT2D eigenvalue weighted by Crippen LogP contribution is -2.20. The fraction of sp³-hybridized carbons (Fsp3) is 0.0800. The number of nitrogens with zero attached hydrogens (tertiary/aromatic N) is 5. The molecule has 10 heteroatoms. The van der Waals surface area contributed by atoms with Gasteiger partial charge in [-0.15, -0.1) is 16.8 Å². The predicted molar refractivity (Wildman–Crippen MR) is 138 cm³/mol. The largest absolute Gasteiger partial charge is 0.507 e. The molecule has 176 valence electrons. The second kappa shape index (κ2) is 11.5. The van der Waals surface area contributed by atoms with Crippen LogP contribution in [0.1, 0.15) is 11.1 Å². The first-order valence-corrected chi connectivity index (χ1v) is 11.9. The molecule has 0 aliphatic heterocycles. The summed E-state index contributed by atoms with van der Waals surface area (Å²) < 4.78 is 1.86. The van der Waals surface area contributed by atoms with Crippen molar-refractivity contribution in [2.75, 3.05) is 5.75 Å². The van der Waals surface area contributed by atoms with Gasteiger partial charge in [0.25, 0.3) is 5.91 Å². The molecule has 35 heavy (non-hydrogen) atoms. The van der Waals surface area contributed by atoms with Gasteiger partial charge in [-0.25, -0.2) is 5.43 Å². The first kappa shape index (κ1) is 24.2. The van der Waals surface area contributed by atoms with E-state index in [0.717, 1.165) is 16.8 Å². The number of benzene rings is 2. The molecule has 4 aromatic rings. The number of carbonyl (C=O) groups is 1. The third-order valence-electron chi connectivity index (χ3n) is 4.90. The van der Waals surface area contributed by atoms with E-state index in [0.29, 0.717) is 28.0 Å². The van der Waals surface area contributed by atoms with Crippen LogP contribution in [0.3, 0.4) is 0 Å². The molecule has 0 radical (unpaired) electrons. The van der Waals surface area contributed by atoms with Crippen molar-refractivity contribution in [3.05, 3.63) is 95.8 Å². The van der Waals surface area contributed by atoms with Gasteiger partial charge in [0.15, 0.2) is 11.0 Å².